The number of carboxylic acids is 1. The van der Waals surface area contributed by atoms with Crippen LogP contribution in [0.3, 0.4) is 0 Å². The van der Waals surface area contributed by atoms with Crippen molar-refractivity contribution in [3.63, 3.8) is 0 Å². The molecule has 104 valence electrons. The van der Waals surface area contributed by atoms with Crippen molar-refractivity contribution in [3.05, 3.63) is 23.3 Å². The molecule has 1 heterocycles. The summed E-state index contributed by atoms with van der Waals surface area (Å²) in [6.07, 6.45) is 0.0985. The Morgan fingerprint density at radius 1 is 1.37 bits per heavy atom. The van der Waals surface area contributed by atoms with Gasteiger partial charge in [0.25, 0.3) is 0 Å². The molecule has 2 N–H and O–H groups in total. The van der Waals surface area contributed by atoms with E-state index in [1.54, 1.807) is 0 Å². The second-order valence-corrected chi connectivity index (χ2v) is 4.70. The Morgan fingerprint density at radius 2 is 2.00 bits per heavy atom. The van der Waals surface area contributed by atoms with Crippen molar-refractivity contribution in [3.8, 4) is 11.5 Å². The number of carboxylic acid groups (broad SMARTS) is 1. The minimum absolute atomic E-state index is 0.0710. The van der Waals surface area contributed by atoms with E-state index in [1.165, 1.54) is 0 Å². The molecule has 5 heteroatoms. The third kappa shape index (κ3) is 3.17. The van der Waals surface area contributed by atoms with Gasteiger partial charge < -0.3 is 19.9 Å². The zero-order valence-electron chi connectivity index (χ0n) is 11.2. The van der Waals surface area contributed by atoms with Gasteiger partial charge in [0, 0.05) is 12.5 Å². The first-order chi connectivity index (χ1) is 9.11. The summed E-state index contributed by atoms with van der Waals surface area (Å²) in [7, 11) is 1.82. The summed E-state index contributed by atoms with van der Waals surface area (Å²) in [5.74, 6) is 0.581. The van der Waals surface area contributed by atoms with Gasteiger partial charge in [-0.3, -0.25) is 4.79 Å². The van der Waals surface area contributed by atoms with Gasteiger partial charge in [0.15, 0.2) is 11.5 Å². The first-order valence-electron chi connectivity index (χ1n) is 6.38. The highest BCUT2D eigenvalue weighted by atomic mass is 16.6. The van der Waals surface area contributed by atoms with Crippen LogP contribution in [0.2, 0.25) is 0 Å². The quantitative estimate of drug-likeness (QED) is 0.845. The summed E-state index contributed by atoms with van der Waals surface area (Å²) in [5.41, 5.74) is 2.03. The fourth-order valence-electron chi connectivity index (χ4n) is 2.40. The van der Waals surface area contributed by atoms with E-state index in [0.717, 1.165) is 16.9 Å². The smallest absolute Gasteiger partial charge is 0.304 e. The predicted molar refractivity (Wildman–Crippen MR) is 71.1 cm³/mol. The minimum Gasteiger partial charge on any atom is -0.486 e. The average Bonchev–Trinajstić information content (AvgIpc) is 2.37. The third-order valence-corrected chi connectivity index (χ3v) is 3.24. The highest BCUT2D eigenvalue weighted by molar-refractivity contribution is 5.68. The van der Waals surface area contributed by atoms with E-state index >= 15 is 0 Å². The molecule has 0 aliphatic carbocycles. The van der Waals surface area contributed by atoms with E-state index in [2.05, 4.69) is 5.32 Å². The second-order valence-electron chi connectivity index (χ2n) is 4.70. The summed E-state index contributed by atoms with van der Waals surface area (Å²) in [6.45, 7) is 3.68. The third-order valence-electron chi connectivity index (χ3n) is 3.24. The van der Waals surface area contributed by atoms with Gasteiger partial charge in [-0.15, -0.1) is 0 Å². The van der Waals surface area contributed by atoms with Crippen molar-refractivity contribution < 1.29 is 19.4 Å². The Bertz CT molecular complexity index is 473. The number of fused-ring (bicyclic) bond motifs is 1. The van der Waals surface area contributed by atoms with E-state index in [4.69, 9.17) is 14.6 Å². The van der Waals surface area contributed by atoms with Crippen molar-refractivity contribution in [2.75, 3.05) is 26.8 Å². The van der Waals surface area contributed by atoms with Gasteiger partial charge in [-0.2, -0.15) is 0 Å². The Labute approximate surface area is 112 Å². The molecule has 1 unspecified atom stereocenters. The molecule has 1 aliphatic rings. The largest absolute Gasteiger partial charge is 0.486 e. The highest BCUT2D eigenvalue weighted by Crippen LogP contribution is 2.36. The molecule has 0 fully saturated rings. The summed E-state index contributed by atoms with van der Waals surface area (Å²) in [5, 5.41) is 12.1. The van der Waals surface area contributed by atoms with Crippen LogP contribution in [0.4, 0.5) is 0 Å². The zero-order valence-corrected chi connectivity index (χ0v) is 11.2. The predicted octanol–water partition coefficient (Wildman–Crippen LogP) is 1.54. The topological polar surface area (TPSA) is 67.8 Å². The molecule has 1 aromatic carbocycles. The van der Waals surface area contributed by atoms with Crippen molar-refractivity contribution in [2.45, 2.75) is 19.3 Å². The summed E-state index contributed by atoms with van der Waals surface area (Å²) >= 11 is 0. The first-order valence-corrected chi connectivity index (χ1v) is 6.38. The maximum atomic E-state index is 11.0. The Kier molecular flexibility index (Phi) is 4.27. The van der Waals surface area contributed by atoms with Crippen molar-refractivity contribution in [2.24, 2.45) is 0 Å². The molecule has 0 amide bonds. The monoisotopic (exact) mass is 265 g/mol. The molecule has 5 nitrogen and oxygen atoms in total. The molecule has 19 heavy (non-hydrogen) atoms. The Balaban J connectivity index is 2.32. The maximum Gasteiger partial charge on any atom is 0.304 e. The number of carbonyl (C=O) groups is 1. The van der Waals surface area contributed by atoms with Gasteiger partial charge in [-0.05, 0) is 37.2 Å². The van der Waals surface area contributed by atoms with Gasteiger partial charge in [-0.1, -0.05) is 0 Å². The normalized spacial score (nSPS) is 15.1. The van der Waals surface area contributed by atoms with Crippen molar-refractivity contribution in [1.82, 2.24) is 5.32 Å². The lowest BCUT2D eigenvalue weighted by Gasteiger charge is -2.23. The van der Waals surface area contributed by atoms with Crippen LogP contribution in [0.15, 0.2) is 12.1 Å². The van der Waals surface area contributed by atoms with Gasteiger partial charge in [0.2, 0.25) is 0 Å². The number of hydrogen-bond acceptors (Lipinski definition) is 4. The van der Waals surface area contributed by atoms with Crippen molar-refractivity contribution in [1.29, 1.82) is 0 Å². The van der Waals surface area contributed by atoms with Crippen LogP contribution in [0.25, 0.3) is 0 Å². The molecule has 1 aliphatic heterocycles. The lowest BCUT2D eigenvalue weighted by atomic mass is 9.91. The van der Waals surface area contributed by atoms with Crippen LogP contribution in [0, 0.1) is 6.92 Å². The summed E-state index contributed by atoms with van der Waals surface area (Å²) < 4.78 is 11.1. The number of benzene rings is 1. The number of aliphatic carboxylic acids is 1. The molecule has 0 aromatic heterocycles. The summed E-state index contributed by atoms with van der Waals surface area (Å²) in [4.78, 5) is 11.0. The number of hydrogen-bond donors (Lipinski definition) is 2. The molecular weight excluding hydrogens is 246 g/mol. The fraction of sp³-hybridized carbons (Fsp3) is 0.500. The highest BCUT2D eigenvalue weighted by Gasteiger charge is 2.21. The minimum atomic E-state index is -0.797. The average molecular weight is 265 g/mol. The number of aryl methyl sites for hydroxylation is 1. The van der Waals surface area contributed by atoms with Gasteiger partial charge in [-0.25, -0.2) is 0 Å². The molecule has 0 radical (unpaired) electrons. The number of nitrogens with one attached hydrogen (secondary N) is 1. The van der Waals surface area contributed by atoms with Crippen LogP contribution in [-0.2, 0) is 4.79 Å². The van der Waals surface area contributed by atoms with Crippen LogP contribution in [-0.4, -0.2) is 37.9 Å². The van der Waals surface area contributed by atoms with E-state index in [1.807, 2.05) is 26.1 Å². The summed E-state index contributed by atoms with van der Waals surface area (Å²) in [6, 6.07) is 3.84. The molecule has 0 saturated heterocycles. The van der Waals surface area contributed by atoms with Gasteiger partial charge in [0.05, 0.1) is 6.42 Å². The zero-order chi connectivity index (χ0) is 13.8. The fourth-order valence-corrected chi connectivity index (χ4v) is 2.40. The molecule has 1 atom stereocenters. The molecule has 0 saturated carbocycles. The van der Waals surface area contributed by atoms with Crippen LogP contribution in [0.5, 0.6) is 11.5 Å². The number of likely N-dealkylation sites (N-methyl/N-ethyl adjacent to an activating group) is 1. The molecule has 0 bridgehead atoms. The SMILES string of the molecule is CNCC(CC(=O)O)c1cc2c(cc1C)OCCO2. The second kappa shape index (κ2) is 5.93. The van der Waals surface area contributed by atoms with Crippen LogP contribution >= 0.6 is 0 Å². The lowest BCUT2D eigenvalue weighted by Crippen LogP contribution is -2.21. The first kappa shape index (κ1) is 13.7. The van der Waals surface area contributed by atoms with Crippen molar-refractivity contribution >= 4 is 5.97 Å². The Hall–Kier alpha value is -1.75. The van der Waals surface area contributed by atoms with Crippen LogP contribution in [0.1, 0.15) is 23.5 Å². The Morgan fingerprint density at radius 3 is 2.58 bits per heavy atom. The van der Waals surface area contributed by atoms with Gasteiger partial charge >= 0.3 is 5.97 Å². The van der Waals surface area contributed by atoms with E-state index in [9.17, 15) is 4.79 Å². The maximum absolute atomic E-state index is 11.0. The molecule has 1 aromatic rings. The number of rotatable bonds is 5. The molecule has 0 spiro atoms. The standard InChI is InChI=1S/C14H19NO4/c1-9-5-12-13(19-4-3-18-12)7-11(9)10(8-15-2)6-14(16)17/h5,7,10,15H,3-4,6,8H2,1-2H3,(H,16,17). The van der Waals surface area contributed by atoms with Gasteiger partial charge in [0.1, 0.15) is 13.2 Å². The molecular formula is C14H19NO4. The van der Waals surface area contributed by atoms with Crippen LogP contribution < -0.4 is 14.8 Å². The lowest BCUT2D eigenvalue weighted by molar-refractivity contribution is -0.137. The van der Waals surface area contributed by atoms with E-state index in [0.29, 0.717) is 25.5 Å². The van der Waals surface area contributed by atoms with E-state index in [-0.39, 0.29) is 12.3 Å². The number of ether oxygens (including phenoxy) is 2. The molecule has 2 rings (SSSR count). The van der Waals surface area contributed by atoms with E-state index < -0.39 is 5.97 Å².